The highest BCUT2D eigenvalue weighted by Crippen LogP contribution is 2.60. The topological polar surface area (TPSA) is 92.8 Å². The van der Waals surface area contributed by atoms with Crippen LogP contribution in [0.25, 0.3) is 0 Å². The van der Waals surface area contributed by atoms with Crippen LogP contribution in [0.4, 0.5) is 0 Å². The van der Waals surface area contributed by atoms with Crippen LogP contribution in [0.1, 0.15) is 34.1 Å². The highest BCUT2D eigenvalue weighted by Gasteiger charge is 2.38. The second-order valence-electron chi connectivity index (χ2n) is 5.85. The summed E-state index contributed by atoms with van der Waals surface area (Å²) in [4.78, 5) is 24.3. The van der Waals surface area contributed by atoms with Crippen molar-refractivity contribution >= 4 is 66.6 Å². The van der Waals surface area contributed by atoms with Crippen molar-refractivity contribution in [2.45, 2.75) is 45.1 Å². The highest BCUT2D eigenvalue weighted by atomic mass is 79.9. The van der Waals surface area contributed by atoms with Crippen LogP contribution in [0, 0.1) is 0 Å². The van der Waals surface area contributed by atoms with E-state index >= 15 is 0 Å². The van der Waals surface area contributed by atoms with Crippen molar-refractivity contribution in [2.75, 3.05) is 12.3 Å². The molecule has 0 aliphatic rings. The van der Waals surface area contributed by atoms with Crippen molar-refractivity contribution in [1.82, 2.24) is 9.16 Å². The Balaban J connectivity index is 3.30. The van der Waals surface area contributed by atoms with Crippen LogP contribution in [0.3, 0.4) is 0 Å². The molecular weight excluding hydrogens is 507 g/mol. The number of halogens is 1. The molecule has 1 rings (SSSR count). The Morgan fingerprint density at radius 1 is 1.29 bits per heavy atom. The van der Waals surface area contributed by atoms with E-state index in [1.54, 1.807) is 32.9 Å². The van der Waals surface area contributed by atoms with Crippen LogP contribution in [-0.2, 0) is 36.2 Å². The van der Waals surface area contributed by atoms with Gasteiger partial charge in [0.25, 0.3) is 0 Å². The van der Waals surface area contributed by atoms with Crippen LogP contribution >= 0.6 is 32.9 Å². The molecule has 0 spiro atoms. The largest absolute Gasteiger partial charge is 0.456 e. The molecule has 12 heteroatoms. The fourth-order valence-corrected chi connectivity index (χ4v) is 12.1. The molecule has 1 amide bonds. The van der Waals surface area contributed by atoms with Gasteiger partial charge in [-0.1, -0.05) is 41.2 Å². The van der Waals surface area contributed by atoms with Crippen molar-refractivity contribution in [2.24, 2.45) is 0 Å². The predicted octanol–water partition coefficient (Wildman–Crippen LogP) is 3.90. The number of amides is 1. The van der Waals surface area contributed by atoms with Gasteiger partial charge in [0.15, 0.2) is 5.54 Å². The Morgan fingerprint density at radius 3 is 2.32 bits per heavy atom. The van der Waals surface area contributed by atoms with Gasteiger partial charge in [-0.15, -0.1) is 4.08 Å². The maximum absolute atomic E-state index is 13.2. The number of nitrogens with zero attached hydrogens (tertiary/aromatic N) is 1. The molecule has 0 aliphatic carbocycles. The summed E-state index contributed by atoms with van der Waals surface area (Å²) in [7, 11) is -3.98. The van der Waals surface area contributed by atoms with Crippen LogP contribution in [0.2, 0.25) is 0 Å². The molecule has 158 valence electrons. The molecule has 0 saturated heterocycles. The molecule has 28 heavy (non-hydrogen) atoms. The lowest BCUT2D eigenvalue weighted by Crippen LogP contribution is -2.38. The first-order chi connectivity index (χ1) is 13.0. The van der Waals surface area contributed by atoms with Gasteiger partial charge < -0.3 is 4.74 Å². The number of sulfonamides is 1. The second-order valence-corrected chi connectivity index (χ2v) is 15.9. The van der Waals surface area contributed by atoms with Crippen molar-refractivity contribution in [3.8, 4) is 0 Å². The van der Waals surface area contributed by atoms with Gasteiger partial charge in [-0.2, -0.15) is 0 Å². The summed E-state index contributed by atoms with van der Waals surface area (Å²) in [5.41, 5.74) is -3.22. The van der Waals surface area contributed by atoms with Crippen molar-refractivity contribution in [1.29, 1.82) is 0 Å². The molecule has 0 bridgehead atoms. The lowest BCUT2D eigenvalue weighted by molar-refractivity contribution is -0.156. The minimum atomic E-state index is -3.98. The van der Waals surface area contributed by atoms with Crippen LogP contribution in [-0.4, -0.2) is 42.8 Å². The van der Waals surface area contributed by atoms with E-state index in [0.29, 0.717) is 5.75 Å². The predicted molar refractivity (Wildman–Crippen MR) is 120 cm³/mol. The summed E-state index contributed by atoms with van der Waals surface area (Å²) >= 11 is 10.1. The molecule has 0 heterocycles. The number of carbonyl (C=O) groups excluding carboxylic acids is 2. The first-order valence-corrected chi connectivity index (χ1v) is 15.1. The maximum atomic E-state index is 13.2. The quantitative estimate of drug-likeness (QED) is 0.294. The first-order valence-electron chi connectivity index (χ1n) is 8.54. The van der Waals surface area contributed by atoms with Gasteiger partial charge in [-0.05, 0) is 56.3 Å². The zero-order valence-corrected chi connectivity index (χ0v) is 21.0. The van der Waals surface area contributed by atoms with E-state index in [-0.39, 0.29) is 11.4 Å². The average Bonchev–Trinajstić information content (AvgIpc) is 2.60. The highest BCUT2D eigenvalue weighted by molar-refractivity contribution is 9.10. The monoisotopic (exact) mass is 530 g/mol. The van der Waals surface area contributed by atoms with Gasteiger partial charge in [0.1, 0.15) is 0 Å². The standard InChI is InChI=1S/C16H24BrN2O5PS3/c1-5-11-27-25(26,18-15(20)16(21)24-12(3)4)19(6-2)28(22,23)14-9-7-13(17)8-10-14/h7-10,12H,5-6,11H2,1-4H3,(H,18,20,26). The van der Waals surface area contributed by atoms with Crippen LogP contribution < -0.4 is 5.09 Å². The van der Waals surface area contributed by atoms with E-state index in [2.05, 4.69) is 21.0 Å². The minimum absolute atomic E-state index is 0.0475. The summed E-state index contributed by atoms with van der Waals surface area (Å²) < 4.78 is 33.2. The number of carbonyl (C=O) groups is 2. The number of benzene rings is 1. The molecular formula is C16H24BrN2O5PS3. The summed E-state index contributed by atoms with van der Waals surface area (Å²) in [5, 5.41) is 2.48. The molecule has 1 aromatic carbocycles. The molecule has 7 nitrogen and oxygen atoms in total. The Hall–Kier alpha value is -0.450. The fraction of sp³-hybridized carbons (Fsp3) is 0.500. The lowest BCUT2D eigenvalue weighted by Gasteiger charge is -2.32. The molecule has 1 aromatic rings. The molecule has 0 fully saturated rings. The first kappa shape index (κ1) is 25.6. The fourth-order valence-electron chi connectivity index (χ4n) is 2.03. The summed E-state index contributed by atoms with van der Waals surface area (Å²) in [6.45, 7) is 6.84. The van der Waals surface area contributed by atoms with E-state index in [1.807, 2.05) is 6.92 Å². The van der Waals surface area contributed by atoms with E-state index in [1.165, 1.54) is 23.5 Å². The molecule has 0 saturated carbocycles. The average molecular weight is 531 g/mol. The Morgan fingerprint density at radius 2 is 1.86 bits per heavy atom. The summed E-state index contributed by atoms with van der Waals surface area (Å²) in [6.07, 6.45) is 0.249. The van der Waals surface area contributed by atoms with Gasteiger partial charge in [-0.25, -0.2) is 13.2 Å². The van der Waals surface area contributed by atoms with E-state index in [9.17, 15) is 18.0 Å². The number of nitrogens with one attached hydrogen (secondary N) is 1. The molecule has 0 aliphatic heterocycles. The Labute approximate surface area is 184 Å². The molecule has 0 aromatic heterocycles. The van der Waals surface area contributed by atoms with Gasteiger partial charge in [0.2, 0.25) is 10.0 Å². The van der Waals surface area contributed by atoms with E-state index in [0.717, 1.165) is 15.0 Å². The summed E-state index contributed by atoms with van der Waals surface area (Å²) in [5.74, 6) is -1.59. The van der Waals surface area contributed by atoms with Gasteiger partial charge in [-0.3, -0.25) is 9.88 Å². The van der Waals surface area contributed by atoms with Gasteiger partial charge in [0.05, 0.1) is 11.0 Å². The lowest BCUT2D eigenvalue weighted by atomic mass is 10.4. The van der Waals surface area contributed by atoms with Gasteiger partial charge in [0, 0.05) is 16.8 Å². The molecule has 1 unspecified atom stereocenters. The van der Waals surface area contributed by atoms with Crippen molar-refractivity contribution in [3.05, 3.63) is 28.7 Å². The number of esters is 1. The van der Waals surface area contributed by atoms with Crippen molar-refractivity contribution in [3.63, 3.8) is 0 Å². The normalized spacial score (nSPS) is 14.0. The Kier molecular flexibility index (Phi) is 10.1. The van der Waals surface area contributed by atoms with E-state index < -0.39 is 33.5 Å². The van der Waals surface area contributed by atoms with E-state index in [4.69, 9.17) is 16.5 Å². The number of hydrogen-bond acceptors (Lipinski definition) is 7. The zero-order chi connectivity index (χ0) is 21.5. The third-order valence-corrected chi connectivity index (χ3v) is 14.0. The number of hydrogen-bond donors (Lipinski definition) is 1. The number of rotatable bonds is 9. The molecule has 0 radical (unpaired) electrons. The third-order valence-electron chi connectivity index (χ3n) is 3.19. The molecule has 1 N–H and O–H groups in total. The summed E-state index contributed by atoms with van der Waals surface area (Å²) in [6, 6.07) is 6.14. The zero-order valence-electron chi connectivity index (χ0n) is 16.0. The minimum Gasteiger partial charge on any atom is -0.456 e. The van der Waals surface area contributed by atoms with Crippen LogP contribution in [0.5, 0.6) is 0 Å². The third kappa shape index (κ3) is 6.81. The smallest absolute Gasteiger partial charge is 0.397 e. The maximum Gasteiger partial charge on any atom is 0.397 e. The SMILES string of the molecule is CCCSP(=S)(NC(=O)C(=O)OC(C)C)N(CC)S(=O)(=O)c1ccc(Br)cc1. The van der Waals surface area contributed by atoms with Crippen LogP contribution in [0.15, 0.2) is 33.6 Å². The number of ether oxygens (including phenoxy) is 1. The second kappa shape index (κ2) is 11.1. The van der Waals surface area contributed by atoms with Crippen molar-refractivity contribution < 1.29 is 22.7 Å². The van der Waals surface area contributed by atoms with Gasteiger partial charge >= 0.3 is 11.9 Å². The molecule has 1 atom stereocenters. The Bertz CT molecular complexity index is 846.